The van der Waals surface area contributed by atoms with Gasteiger partial charge in [-0.2, -0.15) is 10.2 Å². The first-order valence-electron chi connectivity index (χ1n) is 3.89. The molecule has 0 bridgehead atoms. The standard InChI is InChI=1S/C10H7BrN2/c11-10-3-1-2-8(6-10)9-4-5-12-13-7-9/h1-7H. The van der Waals surface area contributed by atoms with Crippen molar-refractivity contribution in [3.8, 4) is 11.1 Å². The Bertz CT molecular complexity index is 401. The highest BCUT2D eigenvalue weighted by Crippen LogP contribution is 2.21. The van der Waals surface area contributed by atoms with Crippen molar-refractivity contribution in [2.24, 2.45) is 0 Å². The molecule has 0 N–H and O–H groups in total. The molecule has 64 valence electrons. The van der Waals surface area contributed by atoms with Crippen molar-refractivity contribution in [2.75, 3.05) is 0 Å². The molecule has 13 heavy (non-hydrogen) atoms. The lowest BCUT2D eigenvalue weighted by Crippen LogP contribution is -1.81. The molecule has 0 saturated heterocycles. The fourth-order valence-corrected chi connectivity index (χ4v) is 1.53. The summed E-state index contributed by atoms with van der Waals surface area (Å²) in [7, 11) is 0. The molecule has 2 aromatic rings. The van der Waals surface area contributed by atoms with Gasteiger partial charge in [-0.3, -0.25) is 0 Å². The number of benzene rings is 1. The molecule has 0 fully saturated rings. The van der Waals surface area contributed by atoms with Crippen molar-refractivity contribution in [3.05, 3.63) is 47.2 Å². The molecule has 0 aliphatic heterocycles. The topological polar surface area (TPSA) is 25.8 Å². The van der Waals surface area contributed by atoms with Gasteiger partial charge >= 0.3 is 0 Å². The molecule has 0 radical (unpaired) electrons. The highest BCUT2D eigenvalue weighted by molar-refractivity contribution is 9.10. The second-order valence-electron chi connectivity index (χ2n) is 2.64. The van der Waals surface area contributed by atoms with Crippen molar-refractivity contribution in [3.63, 3.8) is 0 Å². The van der Waals surface area contributed by atoms with Crippen LogP contribution in [0.4, 0.5) is 0 Å². The van der Waals surface area contributed by atoms with E-state index in [1.807, 2.05) is 24.3 Å². The molecule has 1 heterocycles. The van der Waals surface area contributed by atoms with E-state index in [2.05, 4.69) is 32.2 Å². The lowest BCUT2D eigenvalue weighted by molar-refractivity contribution is 1.03. The zero-order chi connectivity index (χ0) is 9.10. The maximum atomic E-state index is 3.83. The summed E-state index contributed by atoms with van der Waals surface area (Å²) in [4.78, 5) is 0. The predicted molar refractivity (Wildman–Crippen MR) is 55.2 cm³/mol. The van der Waals surface area contributed by atoms with Crippen LogP contribution in [-0.2, 0) is 0 Å². The van der Waals surface area contributed by atoms with Gasteiger partial charge in [-0.05, 0) is 23.8 Å². The van der Waals surface area contributed by atoms with Crippen LogP contribution in [0.1, 0.15) is 0 Å². The minimum atomic E-state index is 1.07. The minimum Gasteiger partial charge on any atom is -0.159 e. The third-order valence-electron chi connectivity index (χ3n) is 1.74. The Labute approximate surface area is 84.8 Å². The number of rotatable bonds is 1. The van der Waals surface area contributed by atoms with Gasteiger partial charge in [0, 0.05) is 10.0 Å². The molecule has 0 aliphatic carbocycles. The summed E-state index contributed by atoms with van der Waals surface area (Å²) in [6.07, 6.45) is 3.44. The first-order chi connectivity index (χ1) is 6.36. The Morgan fingerprint density at radius 2 is 1.92 bits per heavy atom. The Morgan fingerprint density at radius 3 is 2.62 bits per heavy atom. The zero-order valence-corrected chi connectivity index (χ0v) is 8.40. The monoisotopic (exact) mass is 234 g/mol. The molecular formula is C10H7BrN2. The van der Waals surface area contributed by atoms with E-state index >= 15 is 0 Å². The average Bonchev–Trinajstić information content (AvgIpc) is 2.19. The van der Waals surface area contributed by atoms with Gasteiger partial charge in [0.2, 0.25) is 0 Å². The van der Waals surface area contributed by atoms with Crippen LogP contribution in [0.15, 0.2) is 47.2 Å². The maximum absolute atomic E-state index is 3.83. The van der Waals surface area contributed by atoms with Crippen molar-refractivity contribution in [1.82, 2.24) is 10.2 Å². The van der Waals surface area contributed by atoms with E-state index < -0.39 is 0 Å². The van der Waals surface area contributed by atoms with Gasteiger partial charge in [0.15, 0.2) is 0 Å². The Kier molecular flexibility index (Phi) is 2.36. The summed E-state index contributed by atoms with van der Waals surface area (Å²) in [5.74, 6) is 0. The number of halogens is 1. The van der Waals surface area contributed by atoms with Crippen molar-refractivity contribution < 1.29 is 0 Å². The van der Waals surface area contributed by atoms with E-state index in [-0.39, 0.29) is 0 Å². The van der Waals surface area contributed by atoms with Crippen LogP contribution in [0.3, 0.4) is 0 Å². The summed E-state index contributed by atoms with van der Waals surface area (Å²) in [6, 6.07) is 10.0. The highest BCUT2D eigenvalue weighted by Gasteiger charge is 1.96. The quantitative estimate of drug-likeness (QED) is 0.759. The molecule has 0 saturated carbocycles. The smallest absolute Gasteiger partial charge is 0.0574 e. The van der Waals surface area contributed by atoms with Crippen LogP contribution in [-0.4, -0.2) is 10.2 Å². The molecule has 2 nitrogen and oxygen atoms in total. The highest BCUT2D eigenvalue weighted by atomic mass is 79.9. The van der Waals surface area contributed by atoms with Crippen LogP contribution < -0.4 is 0 Å². The summed E-state index contributed by atoms with van der Waals surface area (Å²) < 4.78 is 1.07. The fourth-order valence-electron chi connectivity index (χ4n) is 1.13. The zero-order valence-electron chi connectivity index (χ0n) is 6.81. The average molecular weight is 235 g/mol. The van der Waals surface area contributed by atoms with E-state index in [1.165, 1.54) is 0 Å². The number of hydrogen-bond donors (Lipinski definition) is 0. The second-order valence-corrected chi connectivity index (χ2v) is 3.56. The van der Waals surface area contributed by atoms with Crippen LogP contribution >= 0.6 is 15.9 Å². The Morgan fingerprint density at radius 1 is 1.00 bits per heavy atom. The van der Waals surface area contributed by atoms with Crippen LogP contribution in [0.2, 0.25) is 0 Å². The first-order valence-corrected chi connectivity index (χ1v) is 4.68. The lowest BCUT2D eigenvalue weighted by atomic mass is 10.1. The van der Waals surface area contributed by atoms with Crippen molar-refractivity contribution in [2.45, 2.75) is 0 Å². The summed E-state index contributed by atoms with van der Waals surface area (Å²) in [5.41, 5.74) is 2.22. The summed E-state index contributed by atoms with van der Waals surface area (Å²) >= 11 is 3.42. The molecular weight excluding hydrogens is 228 g/mol. The second kappa shape index (κ2) is 3.66. The van der Waals surface area contributed by atoms with Gasteiger partial charge in [0.1, 0.15) is 0 Å². The summed E-state index contributed by atoms with van der Waals surface area (Å²) in [6.45, 7) is 0. The SMILES string of the molecule is Brc1cccc(-c2ccnnc2)c1. The third kappa shape index (κ3) is 1.92. The van der Waals surface area contributed by atoms with Crippen LogP contribution in [0.5, 0.6) is 0 Å². The third-order valence-corrected chi connectivity index (χ3v) is 2.24. The Balaban J connectivity index is 2.48. The molecule has 3 heteroatoms. The predicted octanol–water partition coefficient (Wildman–Crippen LogP) is 2.91. The van der Waals surface area contributed by atoms with Gasteiger partial charge in [-0.25, -0.2) is 0 Å². The number of nitrogens with zero attached hydrogens (tertiary/aromatic N) is 2. The Hall–Kier alpha value is -1.22. The largest absolute Gasteiger partial charge is 0.159 e. The first kappa shape index (κ1) is 8.38. The van der Waals surface area contributed by atoms with Crippen LogP contribution in [0.25, 0.3) is 11.1 Å². The van der Waals surface area contributed by atoms with Gasteiger partial charge < -0.3 is 0 Å². The van der Waals surface area contributed by atoms with Crippen molar-refractivity contribution >= 4 is 15.9 Å². The van der Waals surface area contributed by atoms with E-state index in [0.717, 1.165) is 15.6 Å². The summed E-state index contributed by atoms with van der Waals surface area (Å²) in [5, 5.41) is 7.56. The van der Waals surface area contributed by atoms with E-state index in [1.54, 1.807) is 12.4 Å². The van der Waals surface area contributed by atoms with E-state index in [9.17, 15) is 0 Å². The van der Waals surface area contributed by atoms with Gasteiger partial charge in [0.05, 0.1) is 12.4 Å². The van der Waals surface area contributed by atoms with Crippen LogP contribution in [0, 0.1) is 0 Å². The molecule has 0 amide bonds. The minimum absolute atomic E-state index is 1.07. The molecule has 0 unspecified atom stereocenters. The van der Waals surface area contributed by atoms with E-state index in [0.29, 0.717) is 0 Å². The number of aromatic nitrogens is 2. The molecule has 0 aliphatic rings. The molecule has 0 atom stereocenters. The molecule has 2 rings (SSSR count). The van der Waals surface area contributed by atoms with Gasteiger partial charge in [-0.15, -0.1) is 0 Å². The van der Waals surface area contributed by atoms with Crippen molar-refractivity contribution in [1.29, 1.82) is 0 Å². The molecule has 0 spiro atoms. The maximum Gasteiger partial charge on any atom is 0.0574 e. The van der Waals surface area contributed by atoms with Gasteiger partial charge in [0.25, 0.3) is 0 Å². The normalized spacial score (nSPS) is 9.92. The van der Waals surface area contributed by atoms with Gasteiger partial charge in [-0.1, -0.05) is 28.1 Å². The fraction of sp³-hybridized carbons (Fsp3) is 0. The lowest BCUT2D eigenvalue weighted by Gasteiger charge is -1.99. The van der Waals surface area contributed by atoms with E-state index in [4.69, 9.17) is 0 Å². The molecule has 1 aromatic carbocycles. The molecule has 1 aromatic heterocycles. The number of hydrogen-bond acceptors (Lipinski definition) is 2.